The number of amides is 2. The summed E-state index contributed by atoms with van der Waals surface area (Å²) >= 11 is 0. The van der Waals surface area contributed by atoms with E-state index in [4.69, 9.17) is 0 Å². The Bertz CT molecular complexity index is 720. The molecule has 0 bridgehead atoms. The molecule has 7 nitrogen and oxygen atoms in total. The fraction of sp³-hybridized carbons (Fsp3) is 0.579. The van der Waals surface area contributed by atoms with Gasteiger partial charge >= 0.3 is 0 Å². The van der Waals surface area contributed by atoms with Gasteiger partial charge < -0.3 is 10.2 Å². The number of nitrogens with zero attached hydrogens (tertiary/aromatic N) is 2. The van der Waals surface area contributed by atoms with Gasteiger partial charge in [-0.1, -0.05) is 44.2 Å². The Hall–Kier alpha value is -1.93. The lowest BCUT2D eigenvalue weighted by Gasteiger charge is -2.30. The van der Waals surface area contributed by atoms with Crippen LogP contribution in [0.2, 0.25) is 0 Å². The Morgan fingerprint density at radius 1 is 1.11 bits per heavy atom. The number of carbonyl (C=O) groups is 2. The first-order chi connectivity index (χ1) is 12.5. The minimum absolute atomic E-state index is 0.232. The van der Waals surface area contributed by atoms with Crippen molar-refractivity contribution in [1.82, 2.24) is 14.5 Å². The highest BCUT2D eigenvalue weighted by Crippen LogP contribution is 2.11. The molecule has 8 heteroatoms. The lowest BCUT2D eigenvalue weighted by molar-refractivity contribution is -0.140. The fourth-order valence-electron chi connectivity index (χ4n) is 2.39. The predicted octanol–water partition coefficient (Wildman–Crippen LogP) is 1.46. The molecular weight excluding hydrogens is 366 g/mol. The van der Waals surface area contributed by atoms with Gasteiger partial charge in [-0.3, -0.25) is 9.59 Å². The van der Waals surface area contributed by atoms with Crippen LogP contribution >= 0.6 is 0 Å². The van der Waals surface area contributed by atoms with E-state index in [1.165, 1.54) is 11.9 Å². The zero-order valence-corrected chi connectivity index (χ0v) is 17.6. The first kappa shape index (κ1) is 23.1. The summed E-state index contributed by atoms with van der Waals surface area (Å²) in [6.07, 6.45) is 1.89. The van der Waals surface area contributed by atoms with Crippen molar-refractivity contribution in [1.29, 1.82) is 0 Å². The average Bonchev–Trinajstić information content (AvgIpc) is 2.58. The smallest absolute Gasteiger partial charge is 0.242 e. The second-order valence-electron chi connectivity index (χ2n) is 7.18. The van der Waals surface area contributed by atoms with E-state index in [1.807, 2.05) is 30.3 Å². The average molecular weight is 398 g/mol. The van der Waals surface area contributed by atoms with Crippen LogP contribution in [0.5, 0.6) is 0 Å². The molecule has 0 aliphatic heterocycles. The maximum absolute atomic E-state index is 12.8. The molecule has 0 saturated carbocycles. The Morgan fingerprint density at radius 3 is 2.22 bits per heavy atom. The van der Waals surface area contributed by atoms with Crippen molar-refractivity contribution < 1.29 is 18.0 Å². The van der Waals surface area contributed by atoms with Crippen LogP contribution in [0, 0.1) is 5.92 Å². The van der Waals surface area contributed by atoms with E-state index in [2.05, 4.69) is 19.2 Å². The van der Waals surface area contributed by atoms with Crippen molar-refractivity contribution in [2.45, 2.75) is 39.8 Å². The van der Waals surface area contributed by atoms with Gasteiger partial charge in [-0.25, -0.2) is 8.42 Å². The number of carbonyl (C=O) groups excluding carboxylic acids is 2. The number of hydrogen-bond donors (Lipinski definition) is 1. The number of nitrogens with one attached hydrogen (secondary N) is 1. The molecule has 152 valence electrons. The molecule has 0 fully saturated rings. The van der Waals surface area contributed by atoms with E-state index in [-0.39, 0.29) is 19.0 Å². The number of sulfonamides is 1. The molecule has 27 heavy (non-hydrogen) atoms. The van der Waals surface area contributed by atoms with Gasteiger partial charge in [-0.05, 0) is 24.8 Å². The summed E-state index contributed by atoms with van der Waals surface area (Å²) in [6.45, 7) is 6.26. The van der Waals surface area contributed by atoms with Gasteiger partial charge in [0.1, 0.15) is 6.04 Å². The molecule has 1 aromatic carbocycles. The summed E-state index contributed by atoms with van der Waals surface area (Å²) in [5.74, 6) is -0.203. The topological polar surface area (TPSA) is 86.8 Å². The molecule has 0 unspecified atom stereocenters. The molecule has 0 aromatic heterocycles. The predicted molar refractivity (Wildman–Crippen MR) is 106 cm³/mol. The van der Waals surface area contributed by atoms with Crippen LogP contribution in [-0.2, 0) is 26.2 Å². The number of benzene rings is 1. The first-order valence-electron chi connectivity index (χ1n) is 9.04. The molecule has 0 heterocycles. The van der Waals surface area contributed by atoms with Crippen molar-refractivity contribution in [3.63, 3.8) is 0 Å². The molecule has 1 atom stereocenters. The summed E-state index contributed by atoms with van der Waals surface area (Å²) in [6, 6.07) is 8.60. The zero-order valence-electron chi connectivity index (χ0n) is 16.8. The monoisotopic (exact) mass is 397 g/mol. The van der Waals surface area contributed by atoms with Crippen LogP contribution in [0.25, 0.3) is 0 Å². The largest absolute Gasteiger partial charge is 0.354 e. The van der Waals surface area contributed by atoms with Crippen LogP contribution in [0.3, 0.4) is 0 Å². The molecular formula is C19H31N3O4S. The number of hydrogen-bond acceptors (Lipinski definition) is 4. The van der Waals surface area contributed by atoms with Crippen LogP contribution in [-0.4, -0.2) is 61.9 Å². The third-order valence-corrected chi connectivity index (χ3v) is 5.57. The van der Waals surface area contributed by atoms with Gasteiger partial charge in [-0.2, -0.15) is 4.31 Å². The molecule has 1 rings (SSSR count). The van der Waals surface area contributed by atoms with E-state index in [1.54, 1.807) is 6.92 Å². The Labute approximate surface area is 162 Å². The molecule has 0 aliphatic rings. The van der Waals surface area contributed by atoms with Crippen molar-refractivity contribution in [2.75, 3.05) is 26.4 Å². The van der Waals surface area contributed by atoms with E-state index in [0.29, 0.717) is 12.5 Å². The van der Waals surface area contributed by atoms with Crippen LogP contribution in [0.4, 0.5) is 0 Å². The standard InChI is InChI=1S/C19H31N3O4S/c1-15(2)11-12-20-19(24)16(3)22(13-17-9-7-6-8-10-17)18(23)14-21(4)27(5,25)26/h6-10,15-16H,11-14H2,1-5H3,(H,20,24)/t16-/m0/s1. The second kappa shape index (κ2) is 10.4. The van der Waals surface area contributed by atoms with Gasteiger partial charge in [0, 0.05) is 20.1 Å². The van der Waals surface area contributed by atoms with Gasteiger partial charge in [0.05, 0.1) is 12.8 Å². The third-order valence-electron chi connectivity index (χ3n) is 4.31. The van der Waals surface area contributed by atoms with Crippen molar-refractivity contribution in [3.8, 4) is 0 Å². The van der Waals surface area contributed by atoms with Gasteiger partial charge in [0.15, 0.2) is 0 Å². The van der Waals surface area contributed by atoms with E-state index < -0.39 is 22.0 Å². The number of rotatable bonds is 10. The SMILES string of the molecule is CC(C)CCNC(=O)[C@H](C)N(Cc1ccccc1)C(=O)CN(C)S(C)(=O)=O. The van der Waals surface area contributed by atoms with E-state index >= 15 is 0 Å². The van der Waals surface area contributed by atoms with Gasteiger partial charge in [0.2, 0.25) is 21.8 Å². The second-order valence-corrected chi connectivity index (χ2v) is 9.27. The Kier molecular flexibility index (Phi) is 8.92. The summed E-state index contributed by atoms with van der Waals surface area (Å²) in [7, 11) is -2.14. The highest BCUT2D eigenvalue weighted by molar-refractivity contribution is 7.88. The normalized spacial score (nSPS) is 12.9. The molecule has 0 aliphatic carbocycles. The van der Waals surface area contributed by atoms with Crippen LogP contribution in [0.15, 0.2) is 30.3 Å². The molecule has 1 N–H and O–H groups in total. The Balaban J connectivity index is 2.92. The molecule has 0 saturated heterocycles. The lowest BCUT2D eigenvalue weighted by atomic mass is 10.1. The quantitative estimate of drug-likeness (QED) is 0.647. The van der Waals surface area contributed by atoms with Crippen molar-refractivity contribution in [2.24, 2.45) is 5.92 Å². The highest BCUT2D eigenvalue weighted by atomic mass is 32.2. The zero-order chi connectivity index (χ0) is 20.6. The first-order valence-corrected chi connectivity index (χ1v) is 10.9. The van der Waals surface area contributed by atoms with E-state index in [9.17, 15) is 18.0 Å². The minimum Gasteiger partial charge on any atom is -0.354 e. The lowest BCUT2D eigenvalue weighted by Crippen LogP contribution is -2.50. The highest BCUT2D eigenvalue weighted by Gasteiger charge is 2.28. The maximum atomic E-state index is 12.8. The van der Waals surface area contributed by atoms with Crippen molar-refractivity contribution in [3.05, 3.63) is 35.9 Å². The molecule has 1 aromatic rings. The van der Waals surface area contributed by atoms with Gasteiger partial charge in [0.25, 0.3) is 0 Å². The summed E-state index contributed by atoms with van der Waals surface area (Å²) in [5.41, 5.74) is 0.870. The molecule has 0 radical (unpaired) electrons. The summed E-state index contributed by atoms with van der Waals surface area (Å²) in [4.78, 5) is 26.7. The Morgan fingerprint density at radius 2 is 1.70 bits per heavy atom. The number of likely N-dealkylation sites (N-methyl/N-ethyl adjacent to an activating group) is 1. The molecule has 2 amide bonds. The van der Waals surface area contributed by atoms with Gasteiger partial charge in [-0.15, -0.1) is 0 Å². The third kappa shape index (κ3) is 8.09. The summed E-state index contributed by atoms with van der Waals surface area (Å²) < 4.78 is 24.2. The minimum atomic E-state index is -3.49. The fourth-order valence-corrected chi connectivity index (χ4v) is 2.74. The summed E-state index contributed by atoms with van der Waals surface area (Å²) in [5, 5.41) is 2.85. The maximum Gasteiger partial charge on any atom is 0.242 e. The van der Waals surface area contributed by atoms with Crippen molar-refractivity contribution >= 4 is 21.8 Å². The van der Waals surface area contributed by atoms with Crippen LogP contribution in [0.1, 0.15) is 32.8 Å². The molecule has 0 spiro atoms. The van der Waals surface area contributed by atoms with Crippen LogP contribution < -0.4 is 5.32 Å². The van der Waals surface area contributed by atoms with E-state index in [0.717, 1.165) is 22.5 Å².